The lowest BCUT2D eigenvalue weighted by molar-refractivity contribution is 0.293. The second-order valence-corrected chi connectivity index (χ2v) is 3.14. The second-order valence-electron chi connectivity index (χ2n) is 3.14. The number of hydrazine groups is 1. The molecule has 1 fully saturated rings. The van der Waals surface area contributed by atoms with Crippen molar-refractivity contribution in [2.45, 2.75) is 6.29 Å². The lowest BCUT2D eigenvalue weighted by atomic mass is 10.3. The molecular formula is C9H10N4. The van der Waals surface area contributed by atoms with Crippen LogP contribution >= 0.6 is 0 Å². The van der Waals surface area contributed by atoms with Crippen LogP contribution in [0.4, 0.5) is 0 Å². The van der Waals surface area contributed by atoms with Crippen molar-refractivity contribution < 1.29 is 0 Å². The third-order valence-corrected chi connectivity index (χ3v) is 2.29. The van der Waals surface area contributed by atoms with Gasteiger partial charge in [0, 0.05) is 11.4 Å². The number of fused-ring (bicyclic) bond motifs is 2. The van der Waals surface area contributed by atoms with E-state index in [9.17, 15) is 0 Å². The van der Waals surface area contributed by atoms with Crippen LogP contribution in [-0.2, 0) is 0 Å². The van der Waals surface area contributed by atoms with E-state index in [4.69, 9.17) is 0 Å². The monoisotopic (exact) mass is 174 g/mol. The van der Waals surface area contributed by atoms with Crippen molar-refractivity contribution in [1.29, 1.82) is 0 Å². The van der Waals surface area contributed by atoms with E-state index >= 15 is 0 Å². The van der Waals surface area contributed by atoms with E-state index in [-0.39, 0.29) is 6.29 Å². The summed E-state index contributed by atoms with van der Waals surface area (Å²) in [4.78, 5) is 4.53. The molecule has 2 heterocycles. The highest BCUT2D eigenvalue weighted by Crippen LogP contribution is 2.00. The minimum atomic E-state index is 0.0647. The van der Waals surface area contributed by atoms with Gasteiger partial charge in [-0.05, 0) is 6.07 Å². The highest BCUT2D eigenvalue weighted by atomic mass is 15.7. The molecule has 1 saturated heterocycles. The molecule has 4 nitrogen and oxygen atoms in total. The van der Waals surface area contributed by atoms with Gasteiger partial charge in [0.1, 0.15) is 0 Å². The Labute approximate surface area is 75.5 Å². The van der Waals surface area contributed by atoms with Crippen LogP contribution in [0, 0.1) is 0 Å². The van der Waals surface area contributed by atoms with E-state index in [1.54, 1.807) is 0 Å². The maximum Gasteiger partial charge on any atom is 0.190 e. The maximum absolute atomic E-state index is 4.53. The van der Waals surface area contributed by atoms with Crippen molar-refractivity contribution in [3.8, 4) is 0 Å². The van der Waals surface area contributed by atoms with E-state index in [0.29, 0.717) is 0 Å². The fourth-order valence-corrected chi connectivity index (χ4v) is 1.63. The van der Waals surface area contributed by atoms with Crippen LogP contribution < -0.4 is 21.3 Å². The molecule has 2 aliphatic heterocycles. The zero-order chi connectivity index (χ0) is 8.67. The summed E-state index contributed by atoms with van der Waals surface area (Å²) >= 11 is 0. The minimum Gasteiger partial charge on any atom is -0.276 e. The molecule has 0 saturated carbocycles. The zero-order valence-corrected chi connectivity index (χ0v) is 7.07. The molecule has 0 aromatic heterocycles. The number of benzene rings is 1. The smallest absolute Gasteiger partial charge is 0.190 e. The van der Waals surface area contributed by atoms with Crippen molar-refractivity contribution >= 4 is 6.20 Å². The van der Waals surface area contributed by atoms with Crippen LogP contribution in [0.5, 0.6) is 0 Å². The first-order valence-electron chi connectivity index (χ1n) is 4.33. The summed E-state index contributed by atoms with van der Waals surface area (Å²) in [5.74, 6) is 0. The van der Waals surface area contributed by atoms with E-state index in [2.05, 4.69) is 28.0 Å². The number of nitrogens with zero attached hydrogens (tertiary/aromatic N) is 2. The first-order chi connectivity index (χ1) is 6.43. The molecule has 2 N–H and O–H groups in total. The Bertz CT molecular complexity index is 398. The first-order valence-corrected chi connectivity index (χ1v) is 4.33. The van der Waals surface area contributed by atoms with Gasteiger partial charge in [0.05, 0.1) is 12.0 Å². The van der Waals surface area contributed by atoms with Crippen LogP contribution in [0.15, 0.2) is 29.3 Å². The molecule has 0 radical (unpaired) electrons. The van der Waals surface area contributed by atoms with Crippen molar-refractivity contribution in [1.82, 2.24) is 15.8 Å². The number of nitrogens with one attached hydrogen (secondary N) is 2. The molecule has 3 rings (SSSR count). The predicted molar refractivity (Wildman–Crippen MR) is 48.5 cm³/mol. The fraction of sp³-hybridized carbons (Fsp3) is 0.222. The van der Waals surface area contributed by atoms with Crippen molar-refractivity contribution in [3.05, 3.63) is 34.8 Å². The van der Waals surface area contributed by atoms with E-state index in [0.717, 1.165) is 17.2 Å². The van der Waals surface area contributed by atoms with Gasteiger partial charge in [-0.2, -0.15) is 0 Å². The molecular weight excluding hydrogens is 164 g/mol. The van der Waals surface area contributed by atoms with Crippen molar-refractivity contribution in [3.63, 3.8) is 0 Å². The number of hydrogen-bond acceptors (Lipinski definition) is 4. The van der Waals surface area contributed by atoms with Crippen LogP contribution in [0.2, 0.25) is 0 Å². The standard InChI is InChI=1S/C9H10N4/c1-2-4-8-7(3-1)5-13-9(12-8)10-6-11-13/h1-5,9-11H,6H2. The first kappa shape index (κ1) is 7.06. The molecule has 0 amide bonds. The van der Waals surface area contributed by atoms with E-state index in [1.165, 1.54) is 0 Å². The lowest BCUT2D eigenvalue weighted by Crippen LogP contribution is -2.44. The Morgan fingerprint density at radius 3 is 3.31 bits per heavy atom. The Kier molecular flexibility index (Phi) is 1.38. The maximum atomic E-state index is 4.53. The normalized spacial score (nSPS) is 24.3. The van der Waals surface area contributed by atoms with Gasteiger partial charge >= 0.3 is 0 Å². The summed E-state index contributed by atoms with van der Waals surface area (Å²) in [5.41, 5.74) is 3.17. The quantitative estimate of drug-likeness (QED) is 0.514. The SMILES string of the molecule is C1=c2ccccc2=NC2NCNN12. The molecule has 1 aromatic rings. The van der Waals surface area contributed by atoms with E-state index < -0.39 is 0 Å². The highest BCUT2D eigenvalue weighted by molar-refractivity contribution is 5.24. The van der Waals surface area contributed by atoms with Crippen LogP contribution in [0.25, 0.3) is 6.20 Å². The van der Waals surface area contributed by atoms with Crippen LogP contribution in [-0.4, -0.2) is 18.0 Å². The summed E-state index contributed by atoms with van der Waals surface area (Å²) < 4.78 is 0. The molecule has 66 valence electrons. The van der Waals surface area contributed by atoms with Gasteiger partial charge in [-0.1, -0.05) is 18.2 Å². The largest absolute Gasteiger partial charge is 0.276 e. The minimum absolute atomic E-state index is 0.0647. The number of rotatable bonds is 0. The van der Waals surface area contributed by atoms with Crippen LogP contribution in [0.3, 0.4) is 0 Å². The Morgan fingerprint density at radius 2 is 2.31 bits per heavy atom. The van der Waals surface area contributed by atoms with Gasteiger partial charge in [-0.25, -0.2) is 10.4 Å². The topological polar surface area (TPSA) is 39.7 Å². The van der Waals surface area contributed by atoms with E-state index in [1.807, 2.05) is 23.2 Å². The highest BCUT2D eigenvalue weighted by Gasteiger charge is 2.21. The molecule has 2 aliphatic rings. The second kappa shape index (κ2) is 2.55. The zero-order valence-electron chi connectivity index (χ0n) is 7.07. The predicted octanol–water partition coefficient (Wildman–Crippen LogP) is -1.29. The average Bonchev–Trinajstić information content (AvgIpc) is 2.61. The average molecular weight is 174 g/mol. The molecule has 1 aromatic carbocycles. The molecule has 4 heteroatoms. The third-order valence-electron chi connectivity index (χ3n) is 2.29. The molecule has 1 atom stereocenters. The van der Waals surface area contributed by atoms with Crippen molar-refractivity contribution in [2.75, 3.05) is 6.67 Å². The Hall–Kier alpha value is -1.39. The van der Waals surface area contributed by atoms with Gasteiger partial charge in [0.2, 0.25) is 0 Å². The molecule has 0 bridgehead atoms. The van der Waals surface area contributed by atoms with Gasteiger partial charge < -0.3 is 0 Å². The summed E-state index contributed by atoms with van der Waals surface area (Å²) in [6.45, 7) is 0.776. The van der Waals surface area contributed by atoms with Gasteiger partial charge in [0.15, 0.2) is 6.29 Å². The number of hydrogen-bond donors (Lipinski definition) is 2. The fourth-order valence-electron chi connectivity index (χ4n) is 1.63. The third kappa shape index (κ3) is 1.03. The number of para-hydroxylation sites is 1. The Morgan fingerprint density at radius 1 is 1.38 bits per heavy atom. The molecule has 1 unspecified atom stereocenters. The summed E-state index contributed by atoms with van der Waals surface area (Å²) in [6.07, 6.45) is 2.14. The lowest BCUT2D eigenvalue weighted by Gasteiger charge is -2.20. The summed E-state index contributed by atoms with van der Waals surface area (Å²) in [6, 6.07) is 8.13. The summed E-state index contributed by atoms with van der Waals surface area (Å²) in [7, 11) is 0. The van der Waals surface area contributed by atoms with Gasteiger partial charge in [-0.3, -0.25) is 10.3 Å². The Balaban J connectivity index is 2.24. The van der Waals surface area contributed by atoms with Gasteiger partial charge in [0.25, 0.3) is 0 Å². The molecule has 0 aliphatic carbocycles. The van der Waals surface area contributed by atoms with Crippen molar-refractivity contribution in [2.24, 2.45) is 4.99 Å². The molecule has 13 heavy (non-hydrogen) atoms. The van der Waals surface area contributed by atoms with Gasteiger partial charge in [-0.15, -0.1) is 0 Å². The molecule has 0 spiro atoms. The summed E-state index contributed by atoms with van der Waals surface area (Å²) in [5, 5.41) is 7.42. The van der Waals surface area contributed by atoms with Crippen LogP contribution in [0.1, 0.15) is 0 Å².